The molecular formula is C21H18FN7O2. The molecule has 0 saturated carbocycles. The highest BCUT2D eigenvalue weighted by atomic mass is 19.1. The summed E-state index contributed by atoms with van der Waals surface area (Å²) < 4.78 is 14.2. The van der Waals surface area contributed by atoms with Gasteiger partial charge in [-0.3, -0.25) is 0 Å². The predicted octanol–water partition coefficient (Wildman–Crippen LogP) is 4.00. The van der Waals surface area contributed by atoms with Crippen LogP contribution < -0.4 is 5.32 Å². The fourth-order valence-corrected chi connectivity index (χ4v) is 3.63. The van der Waals surface area contributed by atoms with Crippen LogP contribution in [0.5, 0.6) is 0 Å². The summed E-state index contributed by atoms with van der Waals surface area (Å²) in [5.74, 6) is 0.641. The third-order valence-electron chi connectivity index (χ3n) is 5.23. The van der Waals surface area contributed by atoms with Gasteiger partial charge in [0, 0.05) is 36.9 Å². The maximum absolute atomic E-state index is 14.2. The maximum atomic E-state index is 14.2. The minimum Gasteiger partial charge on any atom is -0.465 e. The molecule has 5 rings (SSSR count). The Hall–Kier alpha value is -4.21. The number of aromatic nitrogens is 5. The zero-order valence-electron chi connectivity index (χ0n) is 16.3. The number of H-pyrrole nitrogens is 2. The standard InChI is InChI=1S/C21H18FN7O2/c22-16-2-1-13(9-14(16)18-23-5-6-24-18)27-19-15-10-17(28-20(15)26-11-25-19)12-3-7-29(8-4-12)21(30)31/h1-3,5-6,9-11H,4,7-8H2,(H,23,24)(H,30,31)(H2,25,26,27,28). The minimum absolute atomic E-state index is 0.349. The lowest BCUT2D eigenvalue weighted by Gasteiger charge is -2.23. The van der Waals surface area contributed by atoms with E-state index in [2.05, 4.69) is 30.2 Å². The number of hydrogen-bond acceptors (Lipinski definition) is 5. The Kier molecular flexibility index (Phi) is 4.58. The van der Waals surface area contributed by atoms with Gasteiger partial charge in [0.05, 0.1) is 10.9 Å². The molecule has 1 amide bonds. The third-order valence-corrected chi connectivity index (χ3v) is 5.23. The highest BCUT2D eigenvalue weighted by molar-refractivity contribution is 5.92. The number of carboxylic acid groups (broad SMARTS) is 1. The number of carbonyl (C=O) groups is 1. The monoisotopic (exact) mass is 419 g/mol. The van der Waals surface area contributed by atoms with E-state index in [9.17, 15) is 9.18 Å². The summed E-state index contributed by atoms with van der Waals surface area (Å²) in [6.45, 7) is 0.792. The summed E-state index contributed by atoms with van der Waals surface area (Å²) in [5, 5.41) is 13.1. The van der Waals surface area contributed by atoms with E-state index in [1.54, 1.807) is 24.5 Å². The van der Waals surface area contributed by atoms with Crippen molar-refractivity contribution in [3.05, 3.63) is 60.6 Å². The van der Waals surface area contributed by atoms with Crippen LogP contribution in [0.4, 0.5) is 20.7 Å². The zero-order valence-corrected chi connectivity index (χ0v) is 16.3. The van der Waals surface area contributed by atoms with Gasteiger partial charge in [-0.05, 0) is 36.3 Å². The number of rotatable bonds is 4. The maximum Gasteiger partial charge on any atom is 0.407 e. The summed E-state index contributed by atoms with van der Waals surface area (Å²) in [7, 11) is 0. The number of benzene rings is 1. The molecule has 0 fully saturated rings. The van der Waals surface area contributed by atoms with Crippen molar-refractivity contribution in [2.24, 2.45) is 0 Å². The number of hydrogen-bond donors (Lipinski definition) is 4. The number of nitrogens with zero attached hydrogens (tertiary/aromatic N) is 4. The van der Waals surface area contributed by atoms with Crippen LogP contribution in [0.2, 0.25) is 0 Å². The van der Waals surface area contributed by atoms with Crippen molar-refractivity contribution in [1.82, 2.24) is 29.8 Å². The number of fused-ring (bicyclic) bond motifs is 1. The largest absolute Gasteiger partial charge is 0.465 e. The molecule has 0 radical (unpaired) electrons. The second-order valence-electron chi connectivity index (χ2n) is 7.13. The van der Waals surface area contributed by atoms with Gasteiger partial charge in [0.25, 0.3) is 0 Å². The van der Waals surface area contributed by atoms with Crippen molar-refractivity contribution in [3.63, 3.8) is 0 Å². The molecule has 0 aliphatic carbocycles. The van der Waals surface area contributed by atoms with Crippen LogP contribution in [0.3, 0.4) is 0 Å². The molecule has 1 aliphatic heterocycles. The van der Waals surface area contributed by atoms with Gasteiger partial charge in [0.1, 0.15) is 29.4 Å². The fraction of sp³-hybridized carbons (Fsp3) is 0.143. The molecule has 31 heavy (non-hydrogen) atoms. The van der Waals surface area contributed by atoms with E-state index in [1.165, 1.54) is 17.3 Å². The highest BCUT2D eigenvalue weighted by Crippen LogP contribution is 2.30. The first kappa shape index (κ1) is 18.8. The third kappa shape index (κ3) is 3.59. The number of aromatic amines is 2. The normalized spacial score (nSPS) is 14.0. The second-order valence-corrected chi connectivity index (χ2v) is 7.13. The van der Waals surface area contributed by atoms with E-state index >= 15 is 0 Å². The molecule has 10 heteroatoms. The molecule has 0 spiro atoms. The summed E-state index contributed by atoms with van der Waals surface area (Å²) in [5.41, 5.74) is 3.57. The fourth-order valence-electron chi connectivity index (χ4n) is 3.63. The quantitative estimate of drug-likeness (QED) is 0.397. The molecule has 3 aromatic heterocycles. The van der Waals surface area contributed by atoms with Gasteiger partial charge in [-0.25, -0.2) is 24.1 Å². The van der Waals surface area contributed by atoms with Crippen LogP contribution in [0, 0.1) is 5.82 Å². The lowest BCUT2D eigenvalue weighted by molar-refractivity contribution is 0.150. The Morgan fingerprint density at radius 3 is 2.87 bits per heavy atom. The van der Waals surface area contributed by atoms with Crippen LogP contribution in [0.1, 0.15) is 12.1 Å². The Balaban J connectivity index is 1.45. The first-order valence-corrected chi connectivity index (χ1v) is 9.66. The van der Waals surface area contributed by atoms with Gasteiger partial charge in [0.2, 0.25) is 0 Å². The first-order valence-electron chi connectivity index (χ1n) is 9.66. The van der Waals surface area contributed by atoms with Crippen LogP contribution >= 0.6 is 0 Å². The van der Waals surface area contributed by atoms with Crippen LogP contribution in [0.25, 0.3) is 28.0 Å². The van der Waals surface area contributed by atoms with Gasteiger partial charge in [-0.2, -0.15) is 0 Å². The molecule has 156 valence electrons. The summed E-state index contributed by atoms with van der Waals surface area (Å²) in [6, 6.07) is 6.62. The molecule has 4 heterocycles. The van der Waals surface area contributed by atoms with E-state index in [4.69, 9.17) is 5.11 Å². The number of halogens is 1. The molecule has 4 N–H and O–H groups in total. The van der Waals surface area contributed by atoms with Gasteiger partial charge in [-0.1, -0.05) is 6.08 Å². The molecule has 0 atom stereocenters. The average Bonchev–Trinajstić information content (AvgIpc) is 3.46. The lowest BCUT2D eigenvalue weighted by Crippen LogP contribution is -2.33. The first-order chi connectivity index (χ1) is 15.1. The number of amides is 1. The van der Waals surface area contributed by atoms with E-state index in [1.807, 2.05) is 12.1 Å². The average molecular weight is 419 g/mol. The Labute approximate surface area is 175 Å². The molecule has 0 unspecified atom stereocenters. The van der Waals surface area contributed by atoms with Crippen molar-refractivity contribution < 1.29 is 14.3 Å². The molecule has 1 aromatic carbocycles. The van der Waals surface area contributed by atoms with Gasteiger partial charge < -0.3 is 25.3 Å². The van der Waals surface area contributed by atoms with Crippen molar-refractivity contribution in [2.75, 3.05) is 18.4 Å². The summed E-state index contributed by atoms with van der Waals surface area (Å²) in [6.07, 6.45) is 6.25. The number of imidazole rings is 1. The van der Waals surface area contributed by atoms with E-state index in [-0.39, 0.29) is 5.82 Å². The van der Waals surface area contributed by atoms with Gasteiger partial charge in [-0.15, -0.1) is 0 Å². The van der Waals surface area contributed by atoms with Gasteiger partial charge >= 0.3 is 6.09 Å². The number of anilines is 2. The van der Waals surface area contributed by atoms with E-state index in [0.717, 1.165) is 16.7 Å². The van der Waals surface area contributed by atoms with E-state index < -0.39 is 6.09 Å². The van der Waals surface area contributed by atoms with Crippen LogP contribution in [0.15, 0.2) is 49.1 Å². The molecule has 0 bridgehead atoms. The number of nitrogens with one attached hydrogen (secondary N) is 3. The van der Waals surface area contributed by atoms with Crippen molar-refractivity contribution in [3.8, 4) is 11.4 Å². The Bertz CT molecular complexity index is 1300. The molecule has 0 saturated heterocycles. The molecule has 4 aromatic rings. The minimum atomic E-state index is -0.919. The topological polar surface area (TPSA) is 123 Å². The van der Waals surface area contributed by atoms with Crippen molar-refractivity contribution in [2.45, 2.75) is 6.42 Å². The predicted molar refractivity (Wildman–Crippen MR) is 113 cm³/mol. The smallest absolute Gasteiger partial charge is 0.407 e. The zero-order chi connectivity index (χ0) is 21.4. The summed E-state index contributed by atoms with van der Waals surface area (Å²) in [4.78, 5) is 31.4. The Morgan fingerprint density at radius 1 is 1.23 bits per heavy atom. The molecule has 1 aliphatic rings. The Morgan fingerprint density at radius 2 is 2.13 bits per heavy atom. The van der Waals surface area contributed by atoms with E-state index in [0.29, 0.717) is 48.1 Å². The molecule has 9 nitrogen and oxygen atoms in total. The SMILES string of the molecule is O=C(O)N1CC=C(c2cc3c(Nc4ccc(F)c(-c5ncc[nH]5)c4)ncnc3[nH]2)CC1. The second kappa shape index (κ2) is 7.56. The van der Waals surface area contributed by atoms with Crippen LogP contribution in [-0.4, -0.2) is 54.1 Å². The van der Waals surface area contributed by atoms with Crippen molar-refractivity contribution in [1.29, 1.82) is 0 Å². The van der Waals surface area contributed by atoms with Crippen LogP contribution in [-0.2, 0) is 0 Å². The van der Waals surface area contributed by atoms with Crippen molar-refractivity contribution >= 4 is 34.2 Å². The lowest BCUT2D eigenvalue weighted by atomic mass is 10.1. The summed E-state index contributed by atoms with van der Waals surface area (Å²) >= 11 is 0. The van der Waals surface area contributed by atoms with Gasteiger partial charge in [0.15, 0.2) is 0 Å². The highest BCUT2D eigenvalue weighted by Gasteiger charge is 2.19. The molecular weight excluding hydrogens is 401 g/mol.